The van der Waals surface area contributed by atoms with Gasteiger partial charge in [-0.2, -0.15) is 9.49 Å². The molecule has 1 aliphatic heterocycles. The Morgan fingerprint density at radius 3 is 2.58 bits per heavy atom. The van der Waals surface area contributed by atoms with E-state index >= 15 is 0 Å². The summed E-state index contributed by atoms with van der Waals surface area (Å²) in [4.78, 5) is 51.6. The molecule has 1 saturated heterocycles. The van der Waals surface area contributed by atoms with Crippen molar-refractivity contribution in [2.24, 2.45) is 0 Å². The van der Waals surface area contributed by atoms with E-state index in [1.807, 2.05) is 0 Å². The molecule has 0 spiro atoms. The van der Waals surface area contributed by atoms with Crippen LogP contribution in [-0.4, -0.2) is 66.0 Å². The molecule has 2 atom stereocenters. The van der Waals surface area contributed by atoms with E-state index in [1.165, 1.54) is 23.7 Å². The first-order valence-electron chi connectivity index (χ1n) is 11.9. The molecule has 0 radical (unpaired) electrons. The third-order valence-electron chi connectivity index (χ3n) is 6.32. The fraction of sp³-hybridized carbons (Fsp3) is 0.269. The van der Waals surface area contributed by atoms with Gasteiger partial charge >= 0.3 is 0 Å². The monoisotopic (exact) mass is 519 g/mol. The lowest BCUT2D eigenvalue weighted by Crippen LogP contribution is -2.44. The molecule has 1 aliphatic rings. The number of hydrogen-bond donors (Lipinski definition) is 1. The lowest BCUT2D eigenvalue weighted by molar-refractivity contribution is -0.137. The number of ketones is 1. The molecule has 1 N–H and O–H groups in total. The molecule has 38 heavy (non-hydrogen) atoms. The number of nitrogens with zero attached hydrogens (tertiary/aromatic N) is 6. The highest BCUT2D eigenvalue weighted by atomic mass is 19.1. The number of nitrogens with one attached hydrogen (secondary N) is 1. The standard InChI is InChI=1S/C26H23F2N7O3/c1-14(36)25-19-8-16(17-10-29-15(2)30-11-17)6-7-20(19)35(33-25)13-24(37)34-12-18(27)9-21(34)26(38)32-23-5-3-4-22(28)31-23/h3-8,10-11,18,21H,9,12-13H2,1-2H3,(H,31,32,38)/t18-,21+/m1/s1. The highest BCUT2D eigenvalue weighted by Crippen LogP contribution is 2.28. The van der Waals surface area contributed by atoms with Gasteiger partial charge in [-0.15, -0.1) is 0 Å². The zero-order valence-electron chi connectivity index (χ0n) is 20.6. The van der Waals surface area contributed by atoms with E-state index in [-0.39, 0.29) is 36.8 Å². The molecule has 0 unspecified atom stereocenters. The molecule has 1 fully saturated rings. The highest BCUT2D eigenvalue weighted by Gasteiger charge is 2.40. The molecule has 5 rings (SSSR count). The molecule has 12 heteroatoms. The van der Waals surface area contributed by atoms with E-state index in [0.717, 1.165) is 22.1 Å². The van der Waals surface area contributed by atoms with E-state index in [1.54, 1.807) is 37.5 Å². The Balaban J connectivity index is 1.41. The van der Waals surface area contributed by atoms with Crippen molar-refractivity contribution in [3.8, 4) is 11.1 Å². The van der Waals surface area contributed by atoms with Crippen LogP contribution >= 0.6 is 0 Å². The number of amides is 2. The number of Topliss-reactive ketones (excluding diaryl/α,β-unsaturated/α-hetero) is 1. The molecule has 3 aromatic heterocycles. The number of alkyl halides is 1. The minimum Gasteiger partial charge on any atom is -0.326 e. The van der Waals surface area contributed by atoms with Crippen molar-refractivity contribution in [3.63, 3.8) is 0 Å². The van der Waals surface area contributed by atoms with Gasteiger partial charge in [0.15, 0.2) is 5.78 Å². The van der Waals surface area contributed by atoms with Gasteiger partial charge in [-0.25, -0.2) is 19.3 Å². The van der Waals surface area contributed by atoms with E-state index < -0.39 is 30.0 Å². The van der Waals surface area contributed by atoms with Crippen LogP contribution in [0, 0.1) is 12.9 Å². The van der Waals surface area contributed by atoms with Crippen LogP contribution in [0.15, 0.2) is 48.8 Å². The molecule has 0 aliphatic carbocycles. The van der Waals surface area contributed by atoms with Crippen molar-refractivity contribution in [3.05, 3.63) is 66.3 Å². The number of likely N-dealkylation sites (tertiary alicyclic amines) is 1. The Hall–Kier alpha value is -4.61. The molecule has 2 amide bonds. The first-order valence-corrected chi connectivity index (χ1v) is 11.9. The normalized spacial score (nSPS) is 17.1. The second-order valence-corrected chi connectivity index (χ2v) is 9.04. The second-order valence-electron chi connectivity index (χ2n) is 9.04. The summed E-state index contributed by atoms with van der Waals surface area (Å²) in [5.74, 6) is -1.70. The Bertz CT molecular complexity index is 1550. The van der Waals surface area contributed by atoms with E-state index in [2.05, 4.69) is 25.4 Å². The van der Waals surface area contributed by atoms with Gasteiger partial charge in [-0.05, 0) is 36.8 Å². The smallest absolute Gasteiger partial charge is 0.248 e. The summed E-state index contributed by atoms with van der Waals surface area (Å²) in [5.41, 5.74) is 2.23. The molecule has 1 aromatic carbocycles. The zero-order valence-corrected chi connectivity index (χ0v) is 20.6. The van der Waals surface area contributed by atoms with E-state index in [9.17, 15) is 23.2 Å². The van der Waals surface area contributed by atoms with Crippen LogP contribution in [0.4, 0.5) is 14.6 Å². The Morgan fingerprint density at radius 2 is 1.87 bits per heavy atom. The number of aromatic nitrogens is 5. The average molecular weight is 520 g/mol. The highest BCUT2D eigenvalue weighted by molar-refractivity contribution is 6.06. The molecule has 0 saturated carbocycles. The van der Waals surface area contributed by atoms with Crippen LogP contribution in [0.2, 0.25) is 0 Å². The summed E-state index contributed by atoms with van der Waals surface area (Å²) in [5, 5.41) is 7.34. The van der Waals surface area contributed by atoms with Crippen molar-refractivity contribution >= 4 is 34.3 Å². The number of hydrogen-bond acceptors (Lipinski definition) is 7. The number of fused-ring (bicyclic) bond motifs is 1. The van der Waals surface area contributed by atoms with Crippen LogP contribution in [-0.2, 0) is 16.1 Å². The second kappa shape index (κ2) is 10.0. The maximum absolute atomic E-state index is 14.4. The number of benzene rings is 1. The van der Waals surface area contributed by atoms with Crippen LogP contribution < -0.4 is 5.32 Å². The van der Waals surface area contributed by atoms with Crippen LogP contribution in [0.1, 0.15) is 29.7 Å². The molecule has 4 heterocycles. The van der Waals surface area contributed by atoms with E-state index in [0.29, 0.717) is 16.7 Å². The largest absolute Gasteiger partial charge is 0.326 e. The lowest BCUT2D eigenvalue weighted by atomic mass is 10.0. The number of carbonyl (C=O) groups is 3. The van der Waals surface area contributed by atoms with Crippen molar-refractivity contribution in [1.82, 2.24) is 29.6 Å². The average Bonchev–Trinajstić information content (AvgIpc) is 3.45. The van der Waals surface area contributed by atoms with Crippen molar-refractivity contribution in [2.45, 2.75) is 39.0 Å². The quantitative estimate of drug-likeness (QED) is 0.307. The van der Waals surface area contributed by atoms with Crippen molar-refractivity contribution < 1.29 is 23.2 Å². The van der Waals surface area contributed by atoms with Gasteiger partial charge < -0.3 is 10.2 Å². The lowest BCUT2D eigenvalue weighted by Gasteiger charge is -2.23. The fourth-order valence-electron chi connectivity index (χ4n) is 4.50. The Kier molecular flexibility index (Phi) is 6.62. The Labute approximate surface area is 215 Å². The van der Waals surface area contributed by atoms with Gasteiger partial charge in [0, 0.05) is 36.7 Å². The fourth-order valence-corrected chi connectivity index (χ4v) is 4.50. The predicted molar refractivity (Wildman–Crippen MR) is 133 cm³/mol. The number of halogens is 2. The maximum Gasteiger partial charge on any atom is 0.248 e. The summed E-state index contributed by atoms with van der Waals surface area (Å²) >= 11 is 0. The predicted octanol–water partition coefficient (Wildman–Crippen LogP) is 3.12. The first-order chi connectivity index (χ1) is 18.2. The summed E-state index contributed by atoms with van der Waals surface area (Å²) in [6.45, 7) is 2.57. The number of anilines is 1. The molecule has 4 aromatic rings. The van der Waals surface area contributed by atoms with Gasteiger partial charge in [0.05, 0.1) is 12.1 Å². The third-order valence-corrected chi connectivity index (χ3v) is 6.32. The van der Waals surface area contributed by atoms with Gasteiger partial charge in [0.25, 0.3) is 0 Å². The van der Waals surface area contributed by atoms with Gasteiger partial charge in [-0.3, -0.25) is 19.1 Å². The molecule has 0 bridgehead atoms. The van der Waals surface area contributed by atoms with Crippen LogP contribution in [0.3, 0.4) is 0 Å². The number of carbonyl (C=O) groups excluding carboxylic acids is 3. The molecular formula is C26H23F2N7O3. The molecule has 194 valence electrons. The summed E-state index contributed by atoms with van der Waals surface area (Å²) in [6.07, 6.45) is 1.75. The molecular weight excluding hydrogens is 496 g/mol. The van der Waals surface area contributed by atoms with Gasteiger partial charge in [0.1, 0.15) is 36.1 Å². The van der Waals surface area contributed by atoms with E-state index in [4.69, 9.17) is 0 Å². The van der Waals surface area contributed by atoms with Crippen LogP contribution in [0.5, 0.6) is 0 Å². The minimum atomic E-state index is -1.41. The van der Waals surface area contributed by atoms with Gasteiger partial charge in [-0.1, -0.05) is 12.1 Å². The zero-order chi connectivity index (χ0) is 27.0. The topological polar surface area (TPSA) is 123 Å². The van der Waals surface area contributed by atoms with Crippen molar-refractivity contribution in [2.75, 3.05) is 11.9 Å². The SMILES string of the molecule is CC(=O)c1nn(CC(=O)N2C[C@H](F)C[C@H]2C(=O)Nc2cccc(F)n2)c2ccc(-c3cnc(C)nc3)cc12. The first kappa shape index (κ1) is 25.1. The van der Waals surface area contributed by atoms with Gasteiger partial charge in [0.2, 0.25) is 17.8 Å². The minimum absolute atomic E-state index is 0.0383. The number of rotatable bonds is 6. The number of pyridine rings is 1. The maximum atomic E-state index is 14.4. The molecule has 10 nitrogen and oxygen atoms in total. The van der Waals surface area contributed by atoms with Crippen molar-refractivity contribution in [1.29, 1.82) is 0 Å². The Morgan fingerprint density at radius 1 is 1.11 bits per heavy atom. The summed E-state index contributed by atoms with van der Waals surface area (Å²) < 4.78 is 29.1. The number of aryl methyl sites for hydroxylation is 1. The third kappa shape index (κ3) is 4.97. The summed E-state index contributed by atoms with van der Waals surface area (Å²) in [7, 11) is 0. The summed E-state index contributed by atoms with van der Waals surface area (Å²) in [6, 6.07) is 8.11. The van der Waals surface area contributed by atoms with Crippen LogP contribution in [0.25, 0.3) is 22.0 Å².